The maximum absolute atomic E-state index is 13.8. The van der Waals surface area contributed by atoms with Gasteiger partial charge >= 0.3 is 0 Å². The second-order valence-electron chi connectivity index (χ2n) is 10.0. The first-order valence-electron chi connectivity index (χ1n) is 11.6. The second-order valence-corrected chi connectivity index (χ2v) is 12.8. The third kappa shape index (κ3) is 8.39. The van der Waals surface area contributed by atoms with Gasteiger partial charge in [0.1, 0.15) is 12.6 Å². The molecule has 0 bridgehead atoms. The standard InChI is InChI=1S/C26H35Cl2N3O4S/c1-8-23(25(33)29-26(4,5)6)30(15-19-9-10-21(27)22(28)14-19)24(32)16-31(36(7,34)35)20-12-17(2)11-18(3)13-20/h9-14,23H,8,15-16H2,1-7H3,(H,29,33)/t23-/m0/s1. The highest BCUT2D eigenvalue weighted by Crippen LogP contribution is 2.25. The third-order valence-corrected chi connectivity index (χ3v) is 7.27. The fourth-order valence-corrected chi connectivity index (χ4v) is 5.07. The van der Waals surface area contributed by atoms with Gasteiger partial charge in [-0.1, -0.05) is 42.3 Å². The Labute approximate surface area is 224 Å². The minimum Gasteiger partial charge on any atom is -0.350 e. The van der Waals surface area contributed by atoms with Crippen LogP contribution < -0.4 is 9.62 Å². The van der Waals surface area contributed by atoms with E-state index in [9.17, 15) is 18.0 Å². The topological polar surface area (TPSA) is 86.8 Å². The van der Waals surface area contributed by atoms with Crippen LogP contribution in [0, 0.1) is 13.8 Å². The van der Waals surface area contributed by atoms with E-state index >= 15 is 0 Å². The summed E-state index contributed by atoms with van der Waals surface area (Å²) in [6.07, 6.45) is 1.39. The van der Waals surface area contributed by atoms with E-state index in [1.54, 1.807) is 37.3 Å². The summed E-state index contributed by atoms with van der Waals surface area (Å²) in [6.45, 7) is 10.7. The Kier molecular flexibility index (Phi) is 9.84. The number of nitrogens with zero attached hydrogens (tertiary/aromatic N) is 2. The van der Waals surface area contributed by atoms with Gasteiger partial charge in [0.25, 0.3) is 0 Å². The molecule has 0 spiro atoms. The molecule has 1 N–H and O–H groups in total. The molecule has 2 rings (SSSR count). The van der Waals surface area contributed by atoms with E-state index in [-0.39, 0.29) is 12.5 Å². The van der Waals surface area contributed by atoms with Crippen LogP contribution in [-0.2, 0) is 26.2 Å². The molecule has 0 saturated heterocycles. The summed E-state index contributed by atoms with van der Waals surface area (Å²) in [7, 11) is -3.80. The van der Waals surface area contributed by atoms with Gasteiger partial charge in [-0.15, -0.1) is 0 Å². The Hall–Kier alpha value is -2.29. The first-order chi connectivity index (χ1) is 16.5. The number of carbonyl (C=O) groups excluding carboxylic acids is 2. The van der Waals surface area contributed by atoms with E-state index in [2.05, 4.69) is 5.32 Å². The third-order valence-electron chi connectivity index (χ3n) is 5.39. The van der Waals surface area contributed by atoms with Gasteiger partial charge in [0, 0.05) is 12.1 Å². The predicted octanol–water partition coefficient (Wildman–Crippen LogP) is 5.10. The van der Waals surface area contributed by atoms with Gasteiger partial charge in [-0.05, 0) is 82.0 Å². The molecule has 10 heteroatoms. The molecule has 0 saturated carbocycles. The molecule has 0 aliphatic rings. The molecule has 7 nitrogen and oxygen atoms in total. The summed E-state index contributed by atoms with van der Waals surface area (Å²) >= 11 is 12.2. The predicted molar refractivity (Wildman–Crippen MR) is 147 cm³/mol. The maximum Gasteiger partial charge on any atom is 0.244 e. The Morgan fingerprint density at radius 1 is 1.00 bits per heavy atom. The Bertz CT molecular complexity index is 1210. The fourth-order valence-electron chi connectivity index (χ4n) is 3.92. The molecule has 2 aromatic rings. The van der Waals surface area contributed by atoms with Crippen molar-refractivity contribution in [3.8, 4) is 0 Å². The van der Waals surface area contributed by atoms with Gasteiger partial charge in [0.05, 0.1) is 22.0 Å². The number of amides is 2. The van der Waals surface area contributed by atoms with Crippen molar-refractivity contribution in [3.63, 3.8) is 0 Å². The lowest BCUT2D eigenvalue weighted by Gasteiger charge is -2.34. The summed E-state index contributed by atoms with van der Waals surface area (Å²) in [5.41, 5.74) is 2.28. The summed E-state index contributed by atoms with van der Waals surface area (Å²) < 4.78 is 26.6. The van der Waals surface area contributed by atoms with E-state index in [4.69, 9.17) is 23.2 Å². The van der Waals surface area contributed by atoms with Crippen molar-refractivity contribution in [2.45, 2.75) is 66.1 Å². The van der Waals surface area contributed by atoms with Gasteiger partial charge in [-0.3, -0.25) is 13.9 Å². The van der Waals surface area contributed by atoms with E-state index in [0.717, 1.165) is 21.7 Å². The number of benzene rings is 2. The smallest absolute Gasteiger partial charge is 0.244 e. The molecule has 0 aliphatic heterocycles. The zero-order chi connectivity index (χ0) is 27.4. The van der Waals surface area contributed by atoms with Crippen molar-refractivity contribution in [3.05, 3.63) is 63.1 Å². The number of sulfonamides is 1. The van der Waals surface area contributed by atoms with Gasteiger partial charge < -0.3 is 10.2 Å². The fraction of sp³-hybridized carbons (Fsp3) is 0.462. The number of hydrogen-bond acceptors (Lipinski definition) is 4. The molecule has 0 heterocycles. The van der Waals surface area contributed by atoms with Crippen molar-refractivity contribution < 1.29 is 18.0 Å². The Balaban J connectivity index is 2.52. The van der Waals surface area contributed by atoms with Gasteiger partial charge in [0.15, 0.2) is 0 Å². The second kappa shape index (κ2) is 11.8. The SMILES string of the molecule is CC[C@@H](C(=O)NC(C)(C)C)N(Cc1ccc(Cl)c(Cl)c1)C(=O)CN(c1cc(C)cc(C)c1)S(C)(=O)=O. The monoisotopic (exact) mass is 555 g/mol. The van der Waals surface area contributed by atoms with Crippen molar-refractivity contribution in [1.82, 2.24) is 10.2 Å². The van der Waals surface area contributed by atoms with Crippen LogP contribution in [0.15, 0.2) is 36.4 Å². The molecule has 0 aromatic heterocycles. The summed E-state index contributed by atoms with van der Waals surface area (Å²) in [5, 5.41) is 3.62. The Morgan fingerprint density at radius 2 is 1.58 bits per heavy atom. The van der Waals surface area contributed by atoms with Gasteiger partial charge in [-0.2, -0.15) is 0 Å². The van der Waals surface area contributed by atoms with Crippen LogP contribution in [0.5, 0.6) is 0 Å². The van der Waals surface area contributed by atoms with Crippen LogP contribution in [0.4, 0.5) is 5.69 Å². The molecule has 0 fully saturated rings. The van der Waals surface area contributed by atoms with Crippen molar-refractivity contribution in [1.29, 1.82) is 0 Å². The maximum atomic E-state index is 13.8. The summed E-state index contributed by atoms with van der Waals surface area (Å²) in [6, 6.07) is 9.51. The summed E-state index contributed by atoms with van der Waals surface area (Å²) in [5.74, 6) is -0.836. The lowest BCUT2D eigenvalue weighted by atomic mass is 10.1. The van der Waals surface area contributed by atoms with Crippen LogP contribution in [0.3, 0.4) is 0 Å². The zero-order valence-electron chi connectivity index (χ0n) is 21.9. The highest BCUT2D eigenvalue weighted by molar-refractivity contribution is 7.92. The number of rotatable bonds is 9. The largest absolute Gasteiger partial charge is 0.350 e. The highest BCUT2D eigenvalue weighted by atomic mass is 35.5. The van der Waals surface area contributed by atoms with Crippen molar-refractivity contribution in [2.75, 3.05) is 17.1 Å². The van der Waals surface area contributed by atoms with Crippen molar-refractivity contribution >= 4 is 50.7 Å². The van der Waals surface area contributed by atoms with E-state index in [1.807, 2.05) is 40.7 Å². The normalized spacial score (nSPS) is 12.7. The lowest BCUT2D eigenvalue weighted by molar-refractivity contribution is -0.141. The van der Waals surface area contributed by atoms with Crippen molar-refractivity contribution in [2.24, 2.45) is 0 Å². The minimum absolute atomic E-state index is 0.0518. The number of nitrogens with one attached hydrogen (secondary N) is 1. The zero-order valence-corrected chi connectivity index (χ0v) is 24.2. The molecular weight excluding hydrogens is 521 g/mol. The van der Waals surface area contributed by atoms with E-state index < -0.39 is 34.1 Å². The average molecular weight is 557 g/mol. The van der Waals surface area contributed by atoms with Crippen LogP contribution >= 0.6 is 23.2 Å². The first kappa shape index (κ1) is 29.9. The highest BCUT2D eigenvalue weighted by Gasteiger charge is 2.33. The molecule has 36 heavy (non-hydrogen) atoms. The molecule has 0 radical (unpaired) electrons. The molecular formula is C26H35Cl2N3O4S. The van der Waals surface area contributed by atoms with Crippen LogP contribution in [-0.4, -0.2) is 49.5 Å². The number of halogens is 2. The first-order valence-corrected chi connectivity index (χ1v) is 14.2. The minimum atomic E-state index is -3.80. The molecule has 198 valence electrons. The van der Waals surface area contributed by atoms with E-state index in [1.165, 1.54) is 4.90 Å². The van der Waals surface area contributed by atoms with E-state index in [0.29, 0.717) is 27.7 Å². The van der Waals surface area contributed by atoms with Crippen LogP contribution in [0.2, 0.25) is 10.0 Å². The Morgan fingerprint density at radius 3 is 2.06 bits per heavy atom. The molecule has 2 aromatic carbocycles. The molecule has 0 aliphatic carbocycles. The summed E-state index contributed by atoms with van der Waals surface area (Å²) in [4.78, 5) is 28.4. The van der Waals surface area contributed by atoms with Crippen LogP contribution in [0.25, 0.3) is 0 Å². The molecule has 2 amide bonds. The molecule has 1 atom stereocenters. The lowest BCUT2D eigenvalue weighted by Crippen LogP contribution is -2.55. The van der Waals surface area contributed by atoms with Gasteiger partial charge in [0.2, 0.25) is 21.8 Å². The molecule has 0 unspecified atom stereocenters. The van der Waals surface area contributed by atoms with Gasteiger partial charge in [-0.25, -0.2) is 8.42 Å². The quantitative estimate of drug-likeness (QED) is 0.466. The average Bonchev–Trinajstić information content (AvgIpc) is 2.71. The number of hydrogen-bond donors (Lipinski definition) is 1. The number of aryl methyl sites for hydroxylation is 2. The number of anilines is 1. The number of carbonyl (C=O) groups is 2. The van der Waals surface area contributed by atoms with Crippen LogP contribution in [0.1, 0.15) is 50.8 Å².